The summed E-state index contributed by atoms with van der Waals surface area (Å²) in [7, 11) is 0. The number of halogens is 1. The number of rotatable bonds is 8. The fourth-order valence-electron chi connectivity index (χ4n) is 2.63. The Hall–Kier alpha value is -2.60. The first kappa shape index (κ1) is 19.2. The Morgan fingerprint density at radius 3 is 2.59 bits per heavy atom. The van der Waals surface area contributed by atoms with Gasteiger partial charge < -0.3 is 14.6 Å². The van der Waals surface area contributed by atoms with Crippen molar-refractivity contribution in [3.63, 3.8) is 0 Å². The monoisotopic (exact) mass is 428 g/mol. The van der Waals surface area contributed by atoms with Gasteiger partial charge >= 0.3 is 0 Å². The molecule has 0 aliphatic rings. The number of aryl methyl sites for hydroxylation is 1. The van der Waals surface area contributed by atoms with Crippen LogP contribution in [-0.4, -0.2) is 17.7 Å². The third-order valence-electron chi connectivity index (χ3n) is 3.97. The van der Waals surface area contributed by atoms with Crippen LogP contribution >= 0.6 is 15.9 Å². The molecule has 1 aromatic heterocycles. The minimum absolute atomic E-state index is 0.00689. The number of nitrogens with one attached hydrogen (secondary N) is 1. The molecular weight excluding hydrogens is 408 g/mol. The van der Waals surface area contributed by atoms with Crippen molar-refractivity contribution >= 4 is 27.5 Å². The van der Waals surface area contributed by atoms with Crippen molar-refractivity contribution in [3.8, 4) is 17.1 Å². The van der Waals surface area contributed by atoms with E-state index in [2.05, 4.69) is 26.4 Å². The summed E-state index contributed by atoms with van der Waals surface area (Å²) in [4.78, 5) is 12.0. The van der Waals surface area contributed by atoms with E-state index in [4.69, 9.17) is 9.26 Å². The Balaban J connectivity index is 1.47. The van der Waals surface area contributed by atoms with E-state index in [-0.39, 0.29) is 5.91 Å². The Labute approximate surface area is 166 Å². The number of nitrogens with zero attached hydrogens (tertiary/aromatic N) is 1. The zero-order chi connectivity index (χ0) is 19.1. The van der Waals surface area contributed by atoms with Crippen LogP contribution in [0.1, 0.15) is 25.5 Å². The van der Waals surface area contributed by atoms with Crippen LogP contribution < -0.4 is 10.1 Å². The van der Waals surface area contributed by atoms with Gasteiger partial charge in [0.2, 0.25) is 5.91 Å². The van der Waals surface area contributed by atoms with Crippen LogP contribution in [0.25, 0.3) is 11.3 Å². The van der Waals surface area contributed by atoms with Gasteiger partial charge in [0.1, 0.15) is 5.75 Å². The van der Waals surface area contributed by atoms with Crippen molar-refractivity contribution in [2.24, 2.45) is 0 Å². The highest BCUT2D eigenvalue weighted by Gasteiger charge is 2.09. The van der Waals surface area contributed by atoms with E-state index in [1.807, 2.05) is 61.5 Å². The summed E-state index contributed by atoms with van der Waals surface area (Å²) in [5.41, 5.74) is 2.59. The van der Waals surface area contributed by atoms with Gasteiger partial charge in [-0.2, -0.15) is 0 Å². The highest BCUT2D eigenvalue weighted by Crippen LogP contribution is 2.24. The normalized spacial score (nSPS) is 10.6. The lowest BCUT2D eigenvalue weighted by molar-refractivity contribution is -0.116. The summed E-state index contributed by atoms with van der Waals surface area (Å²) in [6.07, 6.45) is 1.83. The van der Waals surface area contributed by atoms with Gasteiger partial charge in [-0.1, -0.05) is 21.1 Å². The van der Waals surface area contributed by atoms with Crippen molar-refractivity contribution < 1.29 is 14.1 Å². The largest absolute Gasteiger partial charge is 0.494 e. The topological polar surface area (TPSA) is 64.4 Å². The molecule has 0 bridgehead atoms. The summed E-state index contributed by atoms with van der Waals surface area (Å²) in [5.74, 6) is 1.54. The molecule has 2 aromatic carbocycles. The Kier molecular flexibility index (Phi) is 6.65. The Morgan fingerprint density at radius 2 is 1.89 bits per heavy atom. The van der Waals surface area contributed by atoms with E-state index < -0.39 is 0 Å². The smallest absolute Gasteiger partial charge is 0.224 e. The fraction of sp³-hybridized carbons (Fsp3) is 0.238. The number of hydrogen-bond donors (Lipinski definition) is 1. The number of aromatic nitrogens is 1. The van der Waals surface area contributed by atoms with Crippen LogP contribution in [-0.2, 0) is 11.2 Å². The van der Waals surface area contributed by atoms with E-state index in [9.17, 15) is 4.79 Å². The minimum Gasteiger partial charge on any atom is -0.494 e. The fourth-order valence-corrected chi connectivity index (χ4v) is 2.90. The van der Waals surface area contributed by atoms with Gasteiger partial charge in [-0.15, -0.1) is 0 Å². The molecule has 1 heterocycles. The third-order valence-corrected chi connectivity index (χ3v) is 4.50. The number of carbonyl (C=O) groups excluding carboxylic acids is 1. The maximum atomic E-state index is 12.0. The molecule has 0 atom stereocenters. The van der Waals surface area contributed by atoms with Gasteiger partial charge in [0, 0.05) is 28.2 Å². The first-order chi connectivity index (χ1) is 13.1. The first-order valence-electron chi connectivity index (χ1n) is 8.88. The number of hydrogen-bond acceptors (Lipinski definition) is 4. The summed E-state index contributed by atoms with van der Waals surface area (Å²) < 4.78 is 11.8. The molecular formula is C21H21BrN2O3. The molecule has 1 amide bonds. The lowest BCUT2D eigenvalue weighted by Gasteiger charge is -2.04. The molecule has 0 aliphatic carbocycles. The Bertz CT molecular complexity index is 873. The molecule has 0 radical (unpaired) electrons. The van der Waals surface area contributed by atoms with Crippen LogP contribution in [0.4, 0.5) is 5.69 Å². The molecule has 27 heavy (non-hydrogen) atoms. The summed E-state index contributed by atoms with van der Waals surface area (Å²) in [5, 5.41) is 6.99. The average Bonchev–Trinajstić information content (AvgIpc) is 3.13. The molecule has 0 fully saturated rings. The van der Waals surface area contributed by atoms with E-state index in [1.165, 1.54) is 0 Å². The van der Waals surface area contributed by atoms with Gasteiger partial charge in [-0.25, -0.2) is 0 Å². The second-order valence-corrected chi connectivity index (χ2v) is 6.96. The maximum absolute atomic E-state index is 12.0. The maximum Gasteiger partial charge on any atom is 0.224 e. The van der Waals surface area contributed by atoms with Crippen LogP contribution in [0.5, 0.6) is 5.75 Å². The molecule has 0 spiro atoms. The van der Waals surface area contributed by atoms with Crippen LogP contribution in [0.15, 0.2) is 63.6 Å². The second-order valence-electron chi connectivity index (χ2n) is 6.05. The molecule has 0 aliphatic heterocycles. The van der Waals surface area contributed by atoms with E-state index in [0.29, 0.717) is 31.6 Å². The van der Waals surface area contributed by atoms with Gasteiger partial charge in [0.05, 0.1) is 12.3 Å². The number of amides is 1. The van der Waals surface area contributed by atoms with Crippen LogP contribution in [0.2, 0.25) is 0 Å². The molecule has 1 N–H and O–H groups in total. The summed E-state index contributed by atoms with van der Waals surface area (Å²) >= 11 is 3.37. The van der Waals surface area contributed by atoms with Crippen LogP contribution in [0, 0.1) is 0 Å². The lowest BCUT2D eigenvalue weighted by Crippen LogP contribution is -2.11. The highest BCUT2D eigenvalue weighted by atomic mass is 79.9. The first-order valence-corrected chi connectivity index (χ1v) is 9.67. The number of anilines is 1. The second kappa shape index (κ2) is 9.37. The molecule has 3 rings (SSSR count). The molecule has 0 unspecified atom stereocenters. The SMILES string of the molecule is CCOc1ccc(-c2cc(CCCC(=O)Nc3ccc(Br)cc3)no2)cc1. The van der Waals surface area contributed by atoms with Gasteiger partial charge in [-0.3, -0.25) is 4.79 Å². The van der Waals surface area contributed by atoms with Gasteiger partial charge in [0.15, 0.2) is 5.76 Å². The highest BCUT2D eigenvalue weighted by molar-refractivity contribution is 9.10. The number of carbonyl (C=O) groups is 1. The number of ether oxygens (including phenoxy) is 1. The summed E-state index contributed by atoms with van der Waals surface area (Å²) in [6.45, 7) is 2.59. The summed E-state index contributed by atoms with van der Waals surface area (Å²) in [6, 6.07) is 17.2. The predicted molar refractivity (Wildman–Crippen MR) is 109 cm³/mol. The Morgan fingerprint density at radius 1 is 1.15 bits per heavy atom. The van der Waals surface area contributed by atoms with Crippen molar-refractivity contribution in [1.29, 1.82) is 0 Å². The molecule has 5 nitrogen and oxygen atoms in total. The van der Waals surface area contributed by atoms with E-state index >= 15 is 0 Å². The van der Waals surface area contributed by atoms with Gasteiger partial charge in [-0.05, 0) is 68.3 Å². The third kappa shape index (κ3) is 5.69. The van der Waals surface area contributed by atoms with Crippen molar-refractivity contribution in [1.82, 2.24) is 5.16 Å². The average molecular weight is 429 g/mol. The zero-order valence-electron chi connectivity index (χ0n) is 15.1. The minimum atomic E-state index is -0.00689. The van der Waals surface area contributed by atoms with Crippen molar-refractivity contribution in [2.75, 3.05) is 11.9 Å². The molecule has 3 aromatic rings. The lowest BCUT2D eigenvalue weighted by atomic mass is 10.1. The molecule has 0 saturated heterocycles. The molecule has 0 saturated carbocycles. The number of benzene rings is 2. The van der Waals surface area contributed by atoms with Crippen molar-refractivity contribution in [3.05, 3.63) is 64.8 Å². The van der Waals surface area contributed by atoms with Gasteiger partial charge in [0.25, 0.3) is 0 Å². The van der Waals surface area contributed by atoms with Crippen LogP contribution in [0.3, 0.4) is 0 Å². The zero-order valence-corrected chi connectivity index (χ0v) is 16.7. The standard InChI is InChI=1S/C21H21BrN2O3/c1-2-26-19-12-6-15(7-13-19)20-14-18(24-27-20)4-3-5-21(25)23-17-10-8-16(22)9-11-17/h6-14H,2-5H2,1H3,(H,23,25). The van der Waals surface area contributed by atoms with Crippen molar-refractivity contribution in [2.45, 2.75) is 26.2 Å². The van der Waals surface area contributed by atoms with E-state index in [0.717, 1.165) is 27.2 Å². The molecule has 140 valence electrons. The molecule has 6 heteroatoms. The quantitative estimate of drug-likeness (QED) is 0.516. The van der Waals surface area contributed by atoms with E-state index in [1.54, 1.807) is 0 Å². The predicted octanol–water partition coefficient (Wildman–Crippen LogP) is 5.46.